The zero-order chi connectivity index (χ0) is 13.0. The Morgan fingerprint density at radius 1 is 1.28 bits per heavy atom. The Morgan fingerprint density at radius 3 is 2.72 bits per heavy atom. The lowest BCUT2D eigenvalue weighted by molar-refractivity contribution is -0.141. The predicted octanol–water partition coefficient (Wildman–Crippen LogP) is 1.43. The van der Waals surface area contributed by atoms with Crippen LogP contribution in [0.25, 0.3) is 0 Å². The molecular weight excluding hydrogens is 252 g/mol. The van der Waals surface area contributed by atoms with Crippen LogP contribution in [0.2, 0.25) is 0 Å². The fourth-order valence-electron chi connectivity index (χ4n) is 2.59. The molecule has 1 saturated heterocycles. The minimum Gasteiger partial charge on any atom is -0.481 e. The van der Waals surface area contributed by atoms with Crippen molar-refractivity contribution in [2.45, 2.75) is 43.4 Å². The molecule has 2 aliphatic rings. The SMILES string of the molecule is O=C(NCC1CCCS1)N[C@H]1CC[C@@H](C(=O)O)C1. The molecule has 2 amide bonds. The third-order valence-electron chi connectivity index (χ3n) is 3.63. The van der Waals surface area contributed by atoms with Crippen LogP contribution in [-0.4, -0.2) is 40.7 Å². The van der Waals surface area contributed by atoms with E-state index in [0.29, 0.717) is 24.6 Å². The molecule has 1 heterocycles. The zero-order valence-corrected chi connectivity index (χ0v) is 11.2. The topological polar surface area (TPSA) is 78.4 Å². The summed E-state index contributed by atoms with van der Waals surface area (Å²) in [5, 5.41) is 15.2. The Morgan fingerprint density at radius 2 is 2.11 bits per heavy atom. The van der Waals surface area contributed by atoms with Gasteiger partial charge in [0.1, 0.15) is 0 Å². The molecule has 2 fully saturated rings. The highest BCUT2D eigenvalue weighted by atomic mass is 32.2. The molecule has 0 aromatic heterocycles. The molecule has 1 unspecified atom stereocenters. The van der Waals surface area contributed by atoms with Gasteiger partial charge < -0.3 is 15.7 Å². The van der Waals surface area contributed by atoms with E-state index in [2.05, 4.69) is 10.6 Å². The van der Waals surface area contributed by atoms with Crippen molar-refractivity contribution in [3.8, 4) is 0 Å². The van der Waals surface area contributed by atoms with Gasteiger partial charge in [-0.1, -0.05) is 0 Å². The first-order valence-electron chi connectivity index (χ1n) is 6.54. The van der Waals surface area contributed by atoms with Crippen molar-refractivity contribution in [2.75, 3.05) is 12.3 Å². The molecule has 18 heavy (non-hydrogen) atoms. The van der Waals surface area contributed by atoms with Crippen molar-refractivity contribution in [3.63, 3.8) is 0 Å². The molecule has 0 aromatic carbocycles. The average Bonchev–Trinajstić information content (AvgIpc) is 2.96. The Balaban J connectivity index is 1.63. The number of hydrogen-bond acceptors (Lipinski definition) is 3. The normalized spacial score (nSPS) is 31.2. The quantitative estimate of drug-likeness (QED) is 0.723. The summed E-state index contributed by atoms with van der Waals surface area (Å²) in [6, 6.07) is -0.138. The summed E-state index contributed by atoms with van der Waals surface area (Å²) in [6.07, 6.45) is 4.40. The first-order chi connectivity index (χ1) is 8.65. The smallest absolute Gasteiger partial charge is 0.315 e. The molecule has 3 atom stereocenters. The first-order valence-corrected chi connectivity index (χ1v) is 7.59. The van der Waals surface area contributed by atoms with Crippen LogP contribution in [-0.2, 0) is 4.79 Å². The summed E-state index contributed by atoms with van der Waals surface area (Å²) in [6.45, 7) is 0.714. The van der Waals surface area contributed by atoms with E-state index in [-0.39, 0.29) is 18.0 Å². The van der Waals surface area contributed by atoms with Crippen molar-refractivity contribution in [3.05, 3.63) is 0 Å². The van der Waals surface area contributed by atoms with Crippen molar-refractivity contribution >= 4 is 23.8 Å². The van der Waals surface area contributed by atoms with E-state index in [1.807, 2.05) is 11.8 Å². The number of thioether (sulfide) groups is 1. The van der Waals surface area contributed by atoms with Crippen LogP contribution in [0, 0.1) is 5.92 Å². The number of carboxylic acid groups (broad SMARTS) is 1. The van der Waals surface area contributed by atoms with Crippen LogP contribution in [0.15, 0.2) is 0 Å². The van der Waals surface area contributed by atoms with Gasteiger partial charge in [-0.05, 0) is 37.9 Å². The van der Waals surface area contributed by atoms with Gasteiger partial charge in [-0.25, -0.2) is 4.79 Å². The van der Waals surface area contributed by atoms with E-state index in [0.717, 1.165) is 6.42 Å². The number of hydrogen-bond donors (Lipinski definition) is 3. The fourth-order valence-corrected chi connectivity index (χ4v) is 3.79. The molecular formula is C12H20N2O3S. The van der Waals surface area contributed by atoms with Gasteiger partial charge in [0.25, 0.3) is 0 Å². The molecule has 2 rings (SSSR count). The van der Waals surface area contributed by atoms with Gasteiger partial charge in [-0.2, -0.15) is 11.8 Å². The van der Waals surface area contributed by atoms with Gasteiger partial charge in [0.15, 0.2) is 0 Å². The molecule has 5 nitrogen and oxygen atoms in total. The molecule has 0 radical (unpaired) electrons. The van der Waals surface area contributed by atoms with Crippen molar-refractivity contribution in [1.29, 1.82) is 0 Å². The number of aliphatic carboxylic acids is 1. The van der Waals surface area contributed by atoms with Crippen molar-refractivity contribution in [1.82, 2.24) is 10.6 Å². The molecule has 0 bridgehead atoms. The summed E-state index contributed by atoms with van der Waals surface area (Å²) in [7, 11) is 0. The highest BCUT2D eigenvalue weighted by Crippen LogP contribution is 2.26. The minimum atomic E-state index is -0.748. The van der Waals surface area contributed by atoms with Crippen molar-refractivity contribution in [2.24, 2.45) is 5.92 Å². The molecule has 6 heteroatoms. The summed E-state index contributed by atoms with van der Waals surface area (Å²) in [4.78, 5) is 22.5. The molecule has 0 spiro atoms. The van der Waals surface area contributed by atoms with Gasteiger partial charge in [0, 0.05) is 17.8 Å². The number of amides is 2. The lowest BCUT2D eigenvalue weighted by Crippen LogP contribution is -2.43. The van der Waals surface area contributed by atoms with E-state index < -0.39 is 5.97 Å². The molecule has 102 valence electrons. The van der Waals surface area contributed by atoms with E-state index in [4.69, 9.17) is 5.11 Å². The van der Waals surface area contributed by atoms with Gasteiger partial charge in [0.05, 0.1) is 5.92 Å². The van der Waals surface area contributed by atoms with Gasteiger partial charge in [-0.15, -0.1) is 0 Å². The second kappa shape index (κ2) is 6.31. The maximum Gasteiger partial charge on any atom is 0.315 e. The number of carboxylic acids is 1. The van der Waals surface area contributed by atoms with Gasteiger partial charge >= 0.3 is 12.0 Å². The second-order valence-corrected chi connectivity index (χ2v) is 6.44. The predicted molar refractivity (Wildman–Crippen MR) is 70.8 cm³/mol. The summed E-state index contributed by atoms with van der Waals surface area (Å²) >= 11 is 1.91. The molecule has 1 aliphatic carbocycles. The highest BCUT2D eigenvalue weighted by molar-refractivity contribution is 8.00. The van der Waals surface area contributed by atoms with E-state index in [1.54, 1.807) is 0 Å². The average molecular weight is 272 g/mol. The second-order valence-electron chi connectivity index (χ2n) is 5.03. The maximum absolute atomic E-state index is 11.7. The lowest BCUT2D eigenvalue weighted by Gasteiger charge is -2.15. The van der Waals surface area contributed by atoms with Crippen LogP contribution >= 0.6 is 11.8 Å². The van der Waals surface area contributed by atoms with Crippen LogP contribution < -0.4 is 10.6 Å². The van der Waals surface area contributed by atoms with Crippen LogP contribution in [0.3, 0.4) is 0 Å². The van der Waals surface area contributed by atoms with Crippen LogP contribution in [0.4, 0.5) is 4.79 Å². The Hall–Kier alpha value is -0.910. The highest BCUT2D eigenvalue weighted by Gasteiger charge is 2.30. The zero-order valence-electron chi connectivity index (χ0n) is 10.4. The fraction of sp³-hybridized carbons (Fsp3) is 0.833. The Bertz CT molecular complexity index is 318. The van der Waals surface area contributed by atoms with Gasteiger partial charge in [0.2, 0.25) is 0 Å². The summed E-state index contributed by atoms with van der Waals surface area (Å²) in [5.74, 6) is 0.152. The first kappa shape index (κ1) is 13.5. The number of carbonyl (C=O) groups is 2. The van der Waals surface area contributed by atoms with Gasteiger partial charge in [-0.3, -0.25) is 4.79 Å². The van der Waals surface area contributed by atoms with Crippen LogP contribution in [0.5, 0.6) is 0 Å². The van der Waals surface area contributed by atoms with E-state index in [9.17, 15) is 9.59 Å². The summed E-state index contributed by atoms with van der Waals surface area (Å²) in [5.41, 5.74) is 0. The third kappa shape index (κ3) is 3.80. The standard InChI is InChI=1S/C12H20N2O3S/c15-11(16)8-3-4-9(6-8)14-12(17)13-7-10-2-1-5-18-10/h8-10H,1-7H2,(H,15,16)(H2,13,14,17)/t8-,9+,10?/m1/s1. The van der Waals surface area contributed by atoms with Crippen LogP contribution in [0.1, 0.15) is 32.1 Å². The number of rotatable bonds is 4. The van der Waals surface area contributed by atoms with E-state index in [1.165, 1.54) is 18.6 Å². The van der Waals surface area contributed by atoms with E-state index >= 15 is 0 Å². The lowest BCUT2D eigenvalue weighted by atomic mass is 10.1. The number of nitrogens with one attached hydrogen (secondary N) is 2. The Labute approximate surface area is 111 Å². The molecule has 0 aromatic rings. The number of carbonyl (C=O) groups excluding carboxylic acids is 1. The maximum atomic E-state index is 11.7. The third-order valence-corrected chi connectivity index (χ3v) is 5.03. The van der Waals surface area contributed by atoms with Crippen molar-refractivity contribution < 1.29 is 14.7 Å². The monoisotopic (exact) mass is 272 g/mol. The Kier molecular flexibility index (Phi) is 4.74. The molecule has 1 saturated carbocycles. The molecule has 1 aliphatic heterocycles. The summed E-state index contributed by atoms with van der Waals surface area (Å²) < 4.78 is 0. The molecule has 3 N–H and O–H groups in total. The number of urea groups is 1. The largest absolute Gasteiger partial charge is 0.481 e. The minimum absolute atomic E-state index is 0.0160.